The van der Waals surface area contributed by atoms with E-state index in [9.17, 15) is 0 Å². The van der Waals surface area contributed by atoms with Gasteiger partial charge >= 0.3 is 0 Å². The Balaban J connectivity index is 2.42. The molecule has 0 spiro atoms. The van der Waals surface area contributed by atoms with Crippen LogP contribution in [0.5, 0.6) is 0 Å². The first-order valence-electron chi connectivity index (χ1n) is 7.74. The first-order valence-corrected chi connectivity index (χ1v) is 7.74. The van der Waals surface area contributed by atoms with Crippen LogP contribution >= 0.6 is 0 Å². The fourth-order valence-electron chi connectivity index (χ4n) is 2.26. The number of hydrogen-bond acceptors (Lipinski definition) is 2. The average Bonchev–Trinajstić information content (AvgIpc) is 2.46. The maximum absolute atomic E-state index is 5.42. The van der Waals surface area contributed by atoms with Crippen molar-refractivity contribution < 1.29 is 0 Å². The molecule has 0 saturated heterocycles. The summed E-state index contributed by atoms with van der Waals surface area (Å²) in [6.07, 6.45) is 8.86. The van der Waals surface area contributed by atoms with Gasteiger partial charge in [-0.2, -0.15) is 0 Å². The summed E-state index contributed by atoms with van der Waals surface area (Å²) in [4.78, 5) is 2.32. The predicted octanol–water partition coefficient (Wildman–Crippen LogP) is 3.07. The van der Waals surface area contributed by atoms with E-state index in [4.69, 9.17) is 6.42 Å². The van der Waals surface area contributed by atoms with Gasteiger partial charge in [0.1, 0.15) is 0 Å². The third-order valence-electron chi connectivity index (χ3n) is 3.30. The maximum Gasteiger partial charge on any atom is 0.0601 e. The summed E-state index contributed by atoms with van der Waals surface area (Å²) < 4.78 is 0. The predicted molar refractivity (Wildman–Crippen MR) is 87.7 cm³/mol. The van der Waals surface area contributed by atoms with Gasteiger partial charge in [-0.25, -0.2) is 0 Å². The van der Waals surface area contributed by atoms with Crippen LogP contribution in [0, 0.1) is 12.3 Å². The van der Waals surface area contributed by atoms with Crippen LogP contribution in [0.4, 0.5) is 0 Å². The van der Waals surface area contributed by atoms with E-state index in [1.54, 1.807) is 0 Å². The van der Waals surface area contributed by atoms with Gasteiger partial charge in [-0.3, -0.25) is 4.90 Å². The Labute approximate surface area is 124 Å². The molecule has 2 heteroatoms. The van der Waals surface area contributed by atoms with Crippen LogP contribution in [-0.4, -0.2) is 31.1 Å². The Hall–Kier alpha value is -1.30. The molecule has 1 aromatic rings. The molecule has 0 saturated carbocycles. The highest BCUT2D eigenvalue weighted by atomic mass is 15.1. The molecule has 0 aliphatic rings. The van der Waals surface area contributed by atoms with Crippen LogP contribution in [0.25, 0.3) is 0 Å². The molecule has 0 aromatic heterocycles. The molecule has 0 amide bonds. The van der Waals surface area contributed by atoms with Gasteiger partial charge in [-0.05, 0) is 50.0 Å². The van der Waals surface area contributed by atoms with Crippen molar-refractivity contribution in [2.75, 3.05) is 26.2 Å². The fraction of sp³-hybridized carbons (Fsp3) is 0.556. The van der Waals surface area contributed by atoms with E-state index in [0.717, 1.165) is 45.6 Å². The van der Waals surface area contributed by atoms with Crippen LogP contribution < -0.4 is 5.32 Å². The highest BCUT2D eigenvalue weighted by Gasteiger charge is 2.03. The van der Waals surface area contributed by atoms with Crippen molar-refractivity contribution in [1.29, 1.82) is 0 Å². The molecule has 0 bridgehead atoms. The summed E-state index contributed by atoms with van der Waals surface area (Å²) >= 11 is 0. The highest BCUT2D eigenvalue weighted by molar-refractivity contribution is 5.23. The van der Waals surface area contributed by atoms with Gasteiger partial charge in [-0.1, -0.05) is 44.0 Å². The van der Waals surface area contributed by atoms with Crippen molar-refractivity contribution in [3.63, 3.8) is 0 Å². The van der Waals surface area contributed by atoms with E-state index >= 15 is 0 Å². The van der Waals surface area contributed by atoms with E-state index in [2.05, 4.69) is 54.3 Å². The summed E-state index contributed by atoms with van der Waals surface area (Å²) in [6, 6.07) is 8.94. The van der Waals surface area contributed by atoms with E-state index in [-0.39, 0.29) is 0 Å². The third-order valence-corrected chi connectivity index (χ3v) is 3.30. The van der Waals surface area contributed by atoms with Crippen molar-refractivity contribution in [2.45, 2.75) is 39.7 Å². The quantitative estimate of drug-likeness (QED) is 0.520. The summed E-state index contributed by atoms with van der Waals surface area (Å²) in [5.41, 5.74) is 2.75. The molecule has 0 unspecified atom stereocenters. The molecule has 1 N–H and O–H groups in total. The van der Waals surface area contributed by atoms with Gasteiger partial charge in [-0.15, -0.1) is 6.42 Å². The molecular formula is C18H28N2. The number of rotatable bonds is 10. The molecule has 0 heterocycles. The van der Waals surface area contributed by atoms with E-state index < -0.39 is 0 Å². The van der Waals surface area contributed by atoms with Gasteiger partial charge in [0.15, 0.2) is 0 Å². The monoisotopic (exact) mass is 272 g/mol. The van der Waals surface area contributed by atoms with E-state index in [0.29, 0.717) is 0 Å². The van der Waals surface area contributed by atoms with Gasteiger partial charge in [0.05, 0.1) is 6.54 Å². The summed E-state index contributed by atoms with van der Waals surface area (Å²) in [7, 11) is 0. The molecule has 1 aromatic carbocycles. The average molecular weight is 272 g/mol. The van der Waals surface area contributed by atoms with Crippen LogP contribution in [0.15, 0.2) is 24.3 Å². The summed E-state index contributed by atoms with van der Waals surface area (Å²) in [5.74, 6) is 2.74. The second kappa shape index (κ2) is 10.5. The SMILES string of the molecule is C#CCN(CCC)Cc1ccc(CCNCCC)cc1. The molecule has 2 nitrogen and oxygen atoms in total. The number of terminal acetylenes is 1. The molecule has 20 heavy (non-hydrogen) atoms. The van der Waals surface area contributed by atoms with Crippen LogP contribution in [0.1, 0.15) is 37.8 Å². The van der Waals surface area contributed by atoms with Gasteiger partial charge in [0, 0.05) is 6.54 Å². The van der Waals surface area contributed by atoms with Crippen molar-refractivity contribution in [3.05, 3.63) is 35.4 Å². The number of hydrogen-bond donors (Lipinski definition) is 1. The third kappa shape index (κ3) is 6.75. The lowest BCUT2D eigenvalue weighted by Gasteiger charge is -2.19. The smallest absolute Gasteiger partial charge is 0.0601 e. The lowest BCUT2D eigenvalue weighted by molar-refractivity contribution is 0.299. The first kappa shape index (κ1) is 16.8. The van der Waals surface area contributed by atoms with Crippen molar-refractivity contribution in [2.24, 2.45) is 0 Å². The normalized spacial score (nSPS) is 10.7. The highest BCUT2D eigenvalue weighted by Crippen LogP contribution is 2.08. The van der Waals surface area contributed by atoms with Crippen LogP contribution in [0.3, 0.4) is 0 Å². The number of benzene rings is 1. The standard InChI is InChI=1S/C18H28N2/c1-4-12-19-13-11-17-7-9-18(10-8-17)16-20(14-5-2)15-6-3/h2,7-10,19H,4,6,11-16H2,1,3H3. The Kier molecular flexibility index (Phi) is 8.78. The summed E-state index contributed by atoms with van der Waals surface area (Å²) in [6.45, 7) is 9.30. The molecular weight excluding hydrogens is 244 g/mol. The minimum atomic E-state index is 0.733. The molecule has 0 aliphatic heterocycles. The van der Waals surface area contributed by atoms with Gasteiger partial charge in [0.2, 0.25) is 0 Å². The topological polar surface area (TPSA) is 15.3 Å². The molecule has 110 valence electrons. The van der Waals surface area contributed by atoms with Crippen molar-refractivity contribution >= 4 is 0 Å². The zero-order valence-electron chi connectivity index (χ0n) is 13.0. The van der Waals surface area contributed by atoms with E-state index in [1.165, 1.54) is 17.5 Å². The lowest BCUT2D eigenvalue weighted by Crippen LogP contribution is -2.24. The Morgan fingerprint density at radius 2 is 1.75 bits per heavy atom. The van der Waals surface area contributed by atoms with E-state index in [1.807, 2.05) is 0 Å². The van der Waals surface area contributed by atoms with Crippen LogP contribution in [-0.2, 0) is 13.0 Å². The van der Waals surface area contributed by atoms with Gasteiger partial charge < -0.3 is 5.32 Å². The van der Waals surface area contributed by atoms with Crippen molar-refractivity contribution in [1.82, 2.24) is 10.2 Å². The fourth-order valence-corrected chi connectivity index (χ4v) is 2.26. The Morgan fingerprint density at radius 1 is 1.05 bits per heavy atom. The molecule has 1 rings (SSSR count). The lowest BCUT2D eigenvalue weighted by atomic mass is 10.1. The second-order valence-corrected chi connectivity index (χ2v) is 5.23. The Bertz CT molecular complexity index is 389. The Morgan fingerprint density at radius 3 is 2.35 bits per heavy atom. The van der Waals surface area contributed by atoms with Gasteiger partial charge in [0.25, 0.3) is 0 Å². The number of nitrogens with one attached hydrogen (secondary N) is 1. The van der Waals surface area contributed by atoms with Crippen LogP contribution in [0.2, 0.25) is 0 Å². The minimum Gasteiger partial charge on any atom is -0.316 e. The van der Waals surface area contributed by atoms with Crippen molar-refractivity contribution in [3.8, 4) is 12.3 Å². The molecule has 0 aliphatic carbocycles. The number of nitrogens with zero attached hydrogens (tertiary/aromatic N) is 1. The molecule has 0 fully saturated rings. The summed E-state index contributed by atoms with van der Waals surface area (Å²) in [5, 5.41) is 3.43. The molecule has 0 radical (unpaired) electrons. The maximum atomic E-state index is 5.42. The second-order valence-electron chi connectivity index (χ2n) is 5.23. The largest absolute Gasteiger partial charge is 0.316 e. The zero-order valence-corrected chi connectivity index (χ0v) is 13.0. The zero-order chi connectivity index (χ0) is 14.6. The minimum absolute atomic E-state index is 0.733. The first-order chi connectivity index (χ1) is 9.80. The molecule has 0 atom stereocenters.